The quantitative estimate of drug-likeness (QED) is 0.526. The molecule has 0 atom stereocenters. The van der Waals surface area contributed by atoms with Crippen LogP contribution in [0.1, 0.15) is 37.8 Å². The predicted octanol–water partition coefficient (Wildman–Crippen LogP) is 3.63. The lowest BCUT2D eigenvalue weighted by atomic mass is 10.0. The zero-order valence-corrected chi connectivity index (χ0v) is 9.49. The Morgan fingerprint density at radius 2 is 2.07 bits per heavy atom. The first-order chi connectivity index (χ1) is 7.27. The fraction of sp³-hybridized carbons (Fsp3) is 0.357. The Bertz CT molecular complexity index is 350. The molecule has 0 fully saturated rings. The van der Waals surface area contributed by atoms with Crippen LogP contribution in [0.4, 0.5) is 0 Å². The van der Waals surface area contributed by atoms with Crippen LogP contribution in [0, 0.1) is 0 Å². The van der Waals surface area contributed by atoms with E-state index in [1.807, 2.05) is 19.1 Å². The van der Waals surface area contributed by atoms with Crippen LogP contribution in [0.25, 0.3) is 6.08 Å². The molecule has 1 heteroatoms. The molecule has 0 aliphatic carbocycles. The molecule has 0 amide bonds. The molecular formula is C14H18O. The molecule has 0 unspecified atom stereocenters. The second kappa shape index (κ2) is 6.18. The fourth-order valence-electron chi connectivity index (χ4n) is 1.55. The zero-order valence-electron chi connectivity index (χ0n) is 9.49. The van der Waals surface area contributed by atoms with Crippen LogP contribution in [0.15, 0.2) is 29.8 Å². The minimum absolute atomic E-state index is 0.777. The van der Waals surface area contributed by atoms with Gasteiger partial charge in [-0.25, -0.2) is 0 Å². The van der Waals surface area contributed by atoms with Crippen LogP contribution in [0.2, 0.25) is 0 Å². The second-order valence-corrected chi connectivity index (χ2v) is 3.81. The summed E-state index contributed by atoms with van der Waals surface area (Å²) in [6, 6.07) is 8.27. The van der Waals surface area contributed by atoms with Crippen molar-refractivity contribution in [3.8, 4) is 0 Å². The number of allylic oxidation sites excluding steroid dienone is 1. The third-order valence-corrected chi connectivity index (χ3v) is 2.42. The lowest BCUT2D eigenvalue weighted by Gasteiger charge is -2.05. The molecule has 0 radical (unpaired) electrons. The van der Waals surface area contributed by atoms with Gasteiger partial charge in [0.15, 0.2) is 0 Å². The zero-order chi connectivity index (χ0) is 11.1. The number of hydrogen-bond acceptors (Lipinski definition) is 1. The Morgan fingerprint density at radius 3 is 2.73 bits per heavy atom. The molecule has 15 heavy (non-hydrogen) atoms. The Balaban J connectivity index is 2.90. The van der Waals surface area contributed by atoms with Crippen LogP contribution < -0.4 is 0 Å². The average molecular weight is 202 g/mol. The summed E-state index contributed by atoms with van der Waals surface area (Å²) in [6.45, 7) is 4.03. The van der Waals surface area contributed by atoms with E-state index in [1.165, 1.54) is 24.0 Å². The molecule has 0 bridgehead atoms. The molecule has 0 heterocycles. The van der Waals surface area contributed by atoms with Gasteiger partial charge in [-0.05, 0) is 42.5 Å². The normalized spacial score (nSPS) is 11.5. The highest BCUT2D eigenvalue weighted by molar-refractivity contribution is 5.81. The fourth-order valence-corrected chi connectivity index (χ4v) is 1.55. The van der Waals surface area contributed by atoms with Crippen LogP contribution in [0.3, 0.4) is 0 Å². The van der Waals surface area contributed by atoms with Gasteiger partial charge in [-0.2, -0.15) is 0 Å². The van der Waals surface area contributed by atoms with Crippen molar-refractivity contribution in [2.45, 2.75) is 33.1 Å². The standard InChI is InChI=1S/C14H18O/c1-3-4-7-13-8-5-6-9-14(13)10-12(2)11-15/h5-6,8-11H,3-4,7H2,1-2H3. The number of aldehydes is 1. The summed E-state index contributed by atoms with van der Waals surface area (Å²) >= 11 is 0. The molecule has 0 aromatic heterocycles. The van der Waals surface area contributed by atoms with Crippen molar-refractivity contribution in [2.24, 2.45) is 0 Å². The van der Waals surface area contributed by atoms with Crippen molar-refractivity contribution < 1.29 is 4.79 Å². The molecule has 1 aromatic carbocycles. The average Bonchev–Trinajstić information content (AvgIpc) is 2.28. The number of carbonyl (C=O) groups excluding carboxylic acids is 1. The molecule has 1 aromatic rings. The van der Waals surface area contributed by atoms with Crippen molar-refractivity contribution in [2.75, 3.05) is 0 Å². The third kappa shape index (κ3) is 3.70. The molecule has 0 aliphatic rings. The van der Waals surface area contributed by atoms with Gasteiger partial charge < -0.3 is 0 Å². The topological polar surface area (TPSA) is 17.1 Å². The number of unbranched alkanes of at least 4 members (excludes halogenated alkanes) is 1. The lowest BCUT2D eigenvalue weighted by Crippen LogP contribution is -1.89. The second-order valence-electron chi connectivity index (χ2n) is 3.81. The van der Waals surface area contributed by atoms with Crippen LogP contribution in [-0.4, -0.2) is 6.29 Å². The van der Waals surface area contributed by atoms with Crippen LogP contribution >= 0.6 is 0 Å². The molecule has 0 saturated heterocycles. The summed E-state index contributed by atoms with van der Waals surface area (Å²) in [6.07, 6.45) is 6.35. The highest BCUT2D eigenvalue weighted by Gasteiger charge is 1.98. The number of rotatable bonds is 5. The van der Waals surface area contributed by atoms with Gasteiger partial charge in [-0.3, -0.25) is 4.79 Å². The van der Waals surface area contributed by atoms with Gasteiger partial charge in [-0.15, -0.1) is 0 Å². The number of benzene rings is 1. The maximum atomic E-state index is 10.6. The number of aryl methyl sites for hydroxylation is 1. The Kier molecular flexibility index (Phi) is 4.82. The molecule has 80 valence electrons. The monoisotopic (exact) mass is 202 g/mol. The largest absolute Gasteiger partial charge is 0.298 e. The maximum absolute atomic E-state index is 10.6. The van der Waals surface area contributed by atoms with E-state index in [0.29, 0.717) is 0 Å². The van der Waals surface area contributed by atoms with E-state index < -0.39 is 0 Å². The summed E-state index contributed by atoms with van der Waals surface area (Å²) in [4.78, 5) is 10.6. The van der Waals surface area contributed by atoms with E-state index in [-0.39, 0.29) is 0 Å². The van der Waals surface area contributed by atoms with Crippen LogP contribution in [-0.2, 0) is 11.2 Å². The Morgan fingerprint density at radius 1 is 1.33 bits per heavy atom. The smallest absolute Gasteiger partial charge is 0.145 e. The van der Waals surface area contributed by atoms with Gasteiger partial charge >= 0.3 is 0 Å². The van der Waals surface area contributed by atoms with Gasteiger partial charge in [-0.1, -0.05) is 37.6 Å². The number of carbonyl (C=O) groups is 1. The van der Waals surface area contributed by atoms with E-state index in [1.54, 1.807) is 0 Å². The van der Waals surface area contributed by atoms with Gasteiger partial charge in [0.05, 0.1) is 0 Å². The molecule has 1 nitrogen and oxygen atoms in total. The molecule has 0 N–H and O–H groups in total. The van der Waals surface area contributed by atoms with Gasteiger partial charge in [0.2, 0.25) is 0 Å². The first-order valence-electron chi connectivity index (χ1n) is 5.49. The summed E-state index contributed by atoms with van der Waals surface area (Å²) < 4.78 is 0. The van der Waals surface area contributed by atoms with E-state index in [0.717, 1.165) is 18.3 Å². The molecule has 0 saturated carbocycles. The lowest BCUT2D eigenvalue weighted by molar-refractivity contribution is -0.104. The molecule has 0 aliphatic heterocycles. The third-order valence-electron chi connectivity index (χ3n) is 2.42. The van der Waals surface area contributed by atoms with Gasteiger partial charge in [0.1, 0.15) is 6.29 Å². The molecule has 1 rings (SSSR count). The van der Waals surface area contributed by atoms with Crippen molar-refractivity contribution in [1.82, 2.24) is 0 Å². The minimum Gasteiger partial charge on any atom is -0.298 e. The van der Waals surface area contributed by atoms with E-state index in [4.69, 9.17) is 0 Å². The first kappa shape index (κ1) is 11.7. The van der Waals surface area contributed by atoms with E-state index in [2.05, 4.69) is 25.1 Å². The van der Waals surface area contributed by atoms with Crippen molar-refractivity contribution >= 4 is 12.4 Å². The summed E-state index contributed by atoms with van der Waals surface area (Å²) in [5, 5.41) is 0. The number of hydrogen-bond donors (Lipinski definition) is 0. The van der Waals surface area contributed by atoms with Crippen molar-refractivity contribution in [3.63, 3.8) is 0 Å². The maximum Gasteiger partial charge on any atom is 0.145 e. The molecule has 0 spiro atoms. The van der Waals surface area contributed by atoms with Crippen molar-refractivity contribution in [1.29, 1.82) is 0 Å². The summed E-state index contributed by atoms with van der Waals surface area (Å²) in [5.74, 6) is 0. The SMILES string of the molecule is CCCCc1ccccc1C=C(C)C=O. The Hall–Kier alpha value is -1.37. The van der Waals surface area contributed by atoms with Crippen LogP contribution in [0.5, 0.6) is 0 Å². The van der Waals surface area contributed by atoms with Gasteiger partial charge in [0.25, 0.3) is 0 Å². The Labute approximate surface area is 91.8 Å². The highest BCUT2D eigenvalue weighted by atomic mass is 16.1. The molecular weight excluding hydrogens is 184 g/mol. The van der Waals surface area contributed by atoms with Gasteiger partial charge in [0, 0.05) is 0 Å². The predicted molar refractivity (Wildman–Crippen MR) is 64.8 cm³/mol. The van der Waals surface area contributed by atoms with E-state index in [9.17, 15) is 4.79 Å². The summed E-state index contributed by atoms with van der Waals surface area (Å²) in [7, 11) is 0. The van der Waals surface area contributed by atoms with E-state index >= 15 is 0 Å². The highest BCUT2D eigenvalue weighted by Crippen LogP contribution is 2.15. The summed E-state index contributed by atoms with van der Waals surface area (Å²) in [5.41, 5.74) is 3.29. The first-order valence-corrected chi connectivity index (χ1v) is 5.49. The minimum atomic E-state index is 0.777. The van der Waals surface area contributed by atoms with Crippen molar-refractivity contribution in [3.05, 3.63) is 41.0 Å².